The van der Waals surface area contributed by atoms with Gasteiger partial charge in [0, 0.05) is 17.3 Å². The van der Waals surface area contributed by atoms with Gasteiger partial charge >= 0.3 is 0 Å². The van der Waals surface area contributed by atoms with Crippen LogP contribution in [0.5, 0.6) is 5.75 Å². The van der Waals surface area contributed by atoms with Gasteiger partial charge in [0.25, 0.3) is 0 Å². The highest BCUT2D eigenvalue weighted by Gasteiger charge is 2.17. The van der Waals surface area contributed by atoms with Crippen molar-refractivity contribution >= 4 is 0 Å². The van der Waals surface area contributed by atoms with E-state index in [1.165, 1.54) is 32.1 Å². The van der Waals surface area contributed by atoms with Gasteiger partial charge in [-0.15, -0.1) is 0 Å². The summed E-state index contributed by atoms with van der Waals surface area (Å²) < 4.78 is 7.48. The maximum Gasteiger partial charge on any atom is 0.126 e. The predicted molar refractivity (Wildman–Crippen MR) is 81.1 cm³/mol. The lowest BCUT2D eigenvalue weighted by molar-refractivity contribution is 0.329. The number of hydrogen-bond donors (Lipinski definition) is 0. The molecule has 0 aliphatic heterocycles. The Morgan fingerprint density at radius 3 is 2.81 bits per heavy atom. The molecule has 0 amide bonds. The topological polar surface area (TPSA) is 50.8 Å². The van der Waals surface area contributed by atoms with Gasteiger partial charge in [-0.3, -0.25) is 4.68 Å². The van der Waals surface area contributed by atoms with Crippen LogP contribution in [0.4, 0.5) is 0 Å². The van der Waals surface area contributed by atoms with E-state index in [4.69, 9.17) is 10.00 Å². The number of hydrogen-bond acceptors (Lipinski definition) is 3. The molecule has 4 nitrogen and oxygen atoms in total. The smallest absolute Gasteiger partial charge is 0.126 e. The molecule has 1 fully saturated rings. The molecule has 0 spiro atoms. The molecule has 0 unspecified atom stereocenters. The van der Waals surface area contributed by atoms with Gasteiger partial charge in [-0.1, -0.05) is 19.3 Å². The second-order valence-electron chi connectivity index (χ2n) is 5.53. The fraction of sp³-hybridized carbons (Fsp3) is 0.412. The third-order valence-corrected chi connectivity index (χ3v) is 4.19. The van der Waals surface area contributed by atoms with Crippen LogP contribution in [0, 0.1) is 11.3 Å². The number of rotatable bonds is 3. The van der Waals surface area contributed by atoms with Crippen molar-refractivity contribution < 1.29 is 4.74 Å². The maximum absolute atomic E-state index is 9.07. The van der Waals surface area contributed by atoms with Gasteiger partial charge < -0.3 is 4.74 Å². The molecule has 4 heteroatoms. The second-order valence-corrected chi connectivity index (χ2v) is 5.53. The standard InChI is InChI=1S/C17H19N3O/c1-21-17-8-7-13(10-18)9-16(17)14-11-19-20(12-14)15-5-3-2-4-6-15/h7-9,11-12,15H,2-6H2,1H3. The predicted octanol–water partition coefficient (Wildman–Crippen LogP) is 3.94. The first-order valence-electron chi connectivity index (χ1n) is 7.44. The highest BCUT2D eigenvalue weighted by atomic mass is 16.5. The van der Waals surface area contributed by atoms with Crippen LogP contribution >= 0.6 is 0 Å². The molecule has 1 aromatic carbocycles. The first kappa shape index (κ1) is 13.7. The Labute approximate surface area is 125 Å². The molecule has 0 radical (unpaired) electrons. The van der Waals surface area contributed by atoms with Crippen LogP contribution < -0.4 is 4.74 Å². The molecule has 1 heterocycles. The number of nitriles is 1. The molecule has 108 valence electrons. The summed E-state index contributed by atoms with van der Waals surface area (Å²) in [6, 6.07) is 8.16. The highest BCUT2D eigenvalue weighted by Crippen LogP contribution is 2.33. The number of methoxy groups -OCH3 is 1. The molecule has 0 saturated heterocycles. The molecule has 0 bridgehead atoms. The summed E-state index contributed by atoms with van der Waals surface area (Å²) in [4.78, 5) is 0. The molecular formula is C17H19N3O. The van der Waals surface area contributed by atoms with Crippen LogP contribution in [-0.4, -0.2) is 16.9 Å². The first-order valence-corrected chi connectivity index (χ1v) is 7.44. The normalized spacial score (nSPS) is 15.6. The van der Waals surface area contributed by atoms with Gasteiger partial charge in [0.2, 0.25) is 0 Å². The largest absolute Gasteiger partial charge is 0.496 e. The minimum absolute atomic E-state index is 0.512. The van der Waals surface area contributed by atoms with Crippen LogP contribution in [0.25, 0.3) is 11.1 Å². The molecule has 1 saturated carbocycles. The van der Waals surface area contributed by atoms with Gasteiger partial charge in [-0.25, -0.2) is 0 Å². The summed E-state index contributed by atoms with van der Waals surface area (Å²) >= 11 is 0. The SMILES string of the molecule is COc1ccc(C#N)cc1-c1cnn(C2CCCCC2)c1. The Hall–Kier alpha value is -2.28. The van der Waals surface area contributed by atoms with Crippen molar-refractivity contribution in [3.63, 3.8) is 0 Å². The number of aromatic nitrogens is 2. The van der Waals surface area contributed by atoms with Crippen LogP contribution in [0.3, 0.4) is 0 Å². The summed E-state index contributed by atoms with van der Waals surface area (Å²) in [7, 11) is 1.65. The fourth-order valence-electron chi connectivity index (χ4n) is 3.03. The third kappa shape index (κ3) is 2.78. The summed E-state index contributed by atoms with van der Waals surface area (Å²) in [6.07, 6.45) is 10.3. The molecule has 21 heavy (non-hydrogen) atoms. The molecule has 1 aliphatic carbocycles. The lowest BCUT2D eigenvalue weighted by atomic mass is 9.96. The van der Waals surface area contributed by atoms with E-state index < -0.39 is 0 Å². The zero-order valence-corrected chi connectivity index (χ0v) is 12.2. The lowest BCUT2D eigenvalue weighted by Crippen LogP contribution is -2.12. The quantitative estimate of drug-likeness (QED) is 0.856. The van der Waals surface area contributed by atoms with Crippen molar-refractivity contribution in [3.05, 3.63) is 36.2 Å². The Kier molecular flexibility index (Phi) is 3.92. The summed E-state index contributed by atoms with van der Waals surface area (Å²) in [6.45, 7) is 0. The van der Waals surface area contributed by atoms with Gasteiger partial charge in [0.15, 0.2) is 0 Å². The minimum Gasteiger partial charge on any atom is -0.496 e. The van der Waals surface area contributed by atoms with E-state index >= 15 is 0 Å². The third-order valence-electron chi connectivity index (χ3n) is 4.19. The number of benzene rings is 1. The second kappa shape index (κ2) is 6.01. The Morgan fingerprint density at radius 1 is 1.29 bits per heavy atom. The summed E-state index contributed by atoms with van der Waals surface area (Å²) in [5.74, 6) is 0.775. The van der Waals surface area contributed by atoms with E-state index in [9.17, 15) is 0 Å². The first-order chi connectivity index (χ1) is 10.3. The zero-order chi connectivity index (χ0) is 14.7. The van der Waals surface area contributed by atoms with Gasteiger partial charge in [0.1, 0.15) is 5.75 Å². The van der Waals surface area contributed by atoms with Crippen LogP contribution in [0.1, 0.15) is 43.7 Å². The molecule has 0 atom stereocenters. The minimum atomic E-state index is 0.512. The molecule has 3 rings (SSSR count). The van der Waals surface area contributed by atoms with Gasteiger partial charge in [-0.05, 0) is 31.0 Å². The van der Waals surface area contributed by atoms with E-state index in [-0.39, 0.29) is 0 Å². The monoisotopic (exact) mass is 281 g/mol. The zero-order valence-electron chi connectivity index (χ0n) is 12.2. The number of nitrogens with zero attached hydrogens (tertiary/aromatic N) is 3. The van der Waals surface area contributed by atoms with Crippen molar-refractivity contribution in [1.82, 2.24) is 9.78 Å². The summed E-state index contributed by atoms with van der Waals surface area (Å²) in [5, 5.41) is 13.6. The van der Waals surface area contributed by atoms with Crippen molar-refractivity contribution in [2.24, 2.45) is 0 Å². The number of ether oxygens (including phenoxy) is 1. The van der Waals surface area contributed by atoms with Crippen molar-refractivity contribution in [1.29, 1.82) is 5.26 Å². The van der Waals surface area contributed by atoms with E-state index in [1.807, 2.05) is 18.3 Å². The fourth-order valence-corrected chi connectivity index (χ4v) is 3.03. The molecule has 1 aromatic heterocycles. The maximum atomic E-state index is 9.07. The van der Waals surface area contributed by atoms with Crippen molar-refractivity contribution in [2.75, 3.05) is 7.11 Å². The van der Waals surface area contributed by atoms with Crippen molar-refractivity contribution in [3.8, 4) is 22.9 Å². The van der Waals surface area contributed by atoms with Crippen molar-refractivity contribution in [2.45, 2.75) is 38.1 Å². The molecular weight excluding hydrogens is 262 g/mol. The van der Waals surface area contributed by atoms with Gasteiger partial charge in [0.05, 0.1) is 31.0 Å². The van der Waals surface area contributed by atoms with E-state index in [0.717, 1.165) is 16.9 Å². The molecule has 0 N–H and O–H groups in total. The lowest BCUT2D eigenvalue weighted by Gasteiger charge is -2.21. The average molecular weight is 281 g/mol. The Morgan fingerprint density at radius 2 is 2.10 bits per heavy atom. The Balaban J connectivity index is 1.93. The van der Waals surface area contributed by atoms with E-state index in [0.29, 0.717) is 11.6 Å². The summed E-state index contributed by atoms with van der Waals surface area (Å²) in [5.41, 5.74) is 2.57. The van der Waals surface area contributed by atoms with E-state index in [1.54, 1.807) is 13.2 Å². The van der Waals surface area contributed by atoms with E-state index in [2.05, 4.69) is 22.0 Å². The molecule has 1 aliphatic rings. The van der Waals surface area contributed by atoms with Crippen LogP contribution in [-0.2, 0) is 0 Å². The average Bonchev–Trinajstić information content (AvgIpc) is 3.05. The highest BCUT2D eigenvalue weighted by molar-refractivity contribution is 5.71. The molecule has 2 aromatic rings. The van der Waals surface area contributed by atoms with Crippen LogP contribution in [0.2, 0.25) is 0 Å². The Bertz CT molecular complexity index is 663. The van der Waals surface area contributed by atoms with Crippen LogP contribution in [0.15, 0.2) is 30.6 Å². The van der Waals surface area contributed by atoms with Gasteiger partial charge in [-0.2, -0.15) is 10.4 Å².